The summed E-state index contributed by atoms with van der Waals surface area (Å²) >= 11 is 0. The third kappa shape index (κ3) is 4.30. The molecule has 158 valence electrons. The zero-order valence-corrected chi connectivity index (χ0v) is 17.7. The molecule has 1 aliphatic heterocycles. The number of rotatable bonds is 6. The highest BCUT2D eigenvalue weighted by atomic mass is 16.5. The average molecular weight is 415 g/mol. The number of methoxy groups -OCH3 is 1. The summed E-state index contributed by atoms with van der Waals surface area (Å²) in [4.78, 5) is 18.3. The van der Waals surface area contributed by atoms with Gasteiger partial charge >= 0.3 is 0 Å². The third-order valence-corrected chi connectivity index (χ3v) is 5.67. The molecule has 0 aliphatic carbocycles. The van der Waals surface area contributed by atoms with Gasteiger partial charge in [-0.05, 0) is 55.3 Å². The van der Waals surface area contributed by atoms with Crippen molar-refractivity contribution < 1.29 is 4.74 Å². The van der Waals surface area contributed by atoms with Crippen molar-refractivity contribution in [3.05, 3.63) is 64.4 Å². The van der Waals surface area contributed by atoms with Gasteiger partial charge in [-0.3, -0.25) is 9.36 Å². The Hall–Kier alpha value is -3.63. The van der Waals surface area contributed by atoms with E-state index in [2.05, 4.69) is 16.7 Å². The minimum atomic E-state index is -0.133. The van der Waals surface area contributed by atoms with Crippen LogP contribution in [0.2, 0.25) is 0 Å². The highest BCUT2D eigenvalue weighted by Gasteiger charge is 2.20. The van der Waals surface area contributed by atoms with E-state index in [-0.39, 0.29) is 5.56 Å². The maximum absolute atomic E-state index is 13.4. The molecule has 31 heavy (non-hydrogen) atoms. The number of ether oxygens (including phenoxy) is 1. The molecule has 1 atom stereocenters. The van der Waals surface area contributed by atoms with Crippen LogP contribution in [0.3, 0.4) is 0 Å². The van der Waals surface area contributed by atoms with Gasteiger partial charge in [-0.15, -0.1) is 0 Å². The Labute approximate surface area is 181 Å². The Bertz CT molecular complexity index is 1150. The Kier molecular flexibility index (Phi) is 6.01. The molecule has 7 nitrogen and oxygen atoms in total. The Morgan fingerprint density at radius 1 is 1.19 bits per heavy atom. The Morgan fingerprint density at radius 3 is 2.52 bits per heavy atom. The molecule has 4 rings (SSSR count). The second-order valence-electron chi connectivity index (χ2n) is 7.68. The van der Waals surface area contributed by atoms with E-state index in [0.29, 0.717) is 28.7 Å². The maximum atomic E-state index is 13.4. The number of anilines is 1. The van der Waals surface area contributed by atoms with Crippen molar-refractivity contribution in [3.63, 3.8) is 0 Å². The maximum Gasteiger partial charge on any atom is 0.263 e. The summed E-state index contributed by atoms with van der Waals surface area (Å²) in [6.07, 6.45) is 1.10. The second-order valence-corrected chi connectivity index (χ2v) is 7.68. The molecule has 7 heteroatoms. The molecular weight excluding hydrogens is 390 g/mol. The zero-order chi connectivity index (χ0) is 21.8. The van der Waals surface area contributed by atoms with Gasteiger partial charge in [-0.2, -0.15) is 5.26 Å². The molecule has 0 spiro atoms. The number of hydrogen-bond acceptors (Lipinski definition) is 6. The van der Waals surface area contributed by atoms with Crippen LogP contribution in [0.15, 0.2) is 53.3 Å². The van der Waals surface area contributed by atoms with Crippen LogP contribution in [-0.2, 0) is 7.05 Å². The lowest BCUT2D eigenvalue weighted by Crippen LogP contribution is -2.27. The van der Waals surface area contributed by atoms with E-state index in [0.717, 1.165) is 42.9 Å². The molecule has 0 saturated carbocycles. The number of nitrogens with zero attached hydrogens (tertiary/aromatic N) is 3. The molecule has 0 radical (unpaired) electrons. The quantitative estimate of drug-likeness (QED) is 0.643. The topological polar surface area (TPSA) is 92.0 Å². The van der Waals surface area contributed by atoms with Crippen LogP contribution in [0, 0.1) is 17.2 Å². The fourth-order valence-corrected chi connectivity index (χ4v) is 3.81. The molecule has 3 aromatic rings. The first-order valence-electron chi connectivity index (χ1n) is 10.3. The minimum absolute atomic E-state index is 0.133. The van der Waals surface area contributed by atoms with E-state index in [1.54, 1.807) is 30.9 Å². The van der Waals surface area contributed by atoms with Crippen molar-refractivity contribution in [3.8, 4) is 34.2 Å². The molecule has 1 saturated heterocycles. The highest BCUT2D eigenvalue weighted by Crippen LogP contribution is 2.30. The highest BCUT2D eigenvalue weighted by molar-refractivity contribution is 5.81. The van der Waals surface area contributed by atoms with Gasteiger partial charge in [-0.1, -0.05) is 24.3 Å². The van der Waals surface area contributed by atoms with Crippen molar-refractivity contribution in [2.75, 3.05) is 32.1 Å². The molecule has 2 heterocycles. The summed E-state index contributed by atoms with van der Waals surface area (Å²) in [5, 5.41) is 15.9. The second kappa shape index (κ2) is 9.02. The van der Waals surface area contributed by atoms with Crippen LogP contribution in [-0.4, -0.2) is 36.3 Å². The fraction of sp³-hybridized carbons (Fsp3) is 0.292. The van der Waals surface area contributed by atoms with Crippen molar-refractivity contribution in [1.82, 2.24) is 14.9 Å². The Morgan fingerprint density at radius 2 is 1.90 bits per heavy atom. The molecule has 2 aromatic carbocycles. The van der Waals surface area contributed by atoms with E-state index in [4.69, 9.17) is 15.0 Å². The third-order valence-electron chi connectivity index (χ3n) is 5.67. The van der Waals surface area contributed by atoms with Gasteiger partial charge in [0.25, 0.3) is 5.56 Å². The van der Waals surface area contributed by atoms with Gasteiger partial charge < -0.3 is 15.4 Å². The van der Waals surface area contributed by atoms with Gasteiger partial charge in [0, 0.05) is 19.2 Å². The molecule has 0 bridgehead atoms. The average Bonchev–Trinajstić information content (AvgIpc) is 3.34. The normalized spacial score (nSPS) is 15.5. The number of hydrogen-bond donors (Lipinski definition) is 2. The Balaban J connectivity index is 1.82. The molecule has 2 N–H and O–H groups in total. The van der Waals surface area contributed by atoms with Crippen LogP contribution in [0.25, 0.3) is 22.4 Å². The van der Waals surface area contributed by atoms with Crippen LogP contribution in [0.4, 0.5) is 5.95 Å². The number of benzene rings is 2. The largest absolute Gasteiger partial charge is 0.497 e. The van der Waals surface area contributed by atoms with Crippen LogP contribution < -0.4 is 20.9 Å². The lowest BCUT2D eigenvalue weighted by molar-refractivity contribution is 0.415. The lowest BCUT2D eigenvalue weighted by Gasteiger charge is -2.17. The van der Waals surface area contributed by atoms with Gasteiger partial charge in [0.05, 0.1) is 30.0 Å². The van der Waals surface area contributed by atoms with Crippen molar-refractivity contribution in [1.29, 1.82) is 5.26 Å². The van der Waals surface area contributed by atoms with Gasteiger partial charge in [-0.25, -0.2) is 4.98 Å². The standard InChI is InChI=1S/C24H25N5O2/c1-29-23(30)21(18-7-9-20(31-2)10-8-18)22(19-5-3-16(13-25)4-6-19)28-24(29)27-15-17-11-12-26-14-17/h3-10,17,26H,11-12,14-15H2,1-2H3,(H,27,28). The fourth-order valence-electron chi connectivity index (χ4n) is 3.81. The van der Waals surface area contributed by atoms with Crippen molar-refractivity contribution in [2.24, 2.45) is 13.0 Å². The number of aromatic nitrogens is 2. The van der Waals surface area contributed by atoms with Gasteiger partial charge in [0.2, 0.25) is 5.95 Å². The van der Waals surface area contributed by atoms with Crippen LogP contribution >= 0.6 is 0 Å². The monoisotopic (exact) mass is 415 g/mol. The molecule has 1 aliphatic rings. The van der Waals surface area contributed by atoms with Crippen molar-refractivity contribution >= 4 is 5.95 Å². The van der Waals surface area contributed by atoms with E-state index in [9.17, 15) is 4.79 Å². The zero-order valence-electron chi connectivity index (χ0n) is 17.7. The molecule has 1 unspecified atom stereocenters. The van der Waals surface area contributed by atoms with E-state index in [1.165, 1.54) is 0 Å². The van der Waals surface area contributed by atoms with E-state index in [1.807, 2.05) is 36.4 Å². The number of nitriles is 1. The lowest BCUT2D eigenvalue weighted by atomic mass is 9.99. The summed E-state index contributed by atoms with van der Waals surface area (Å²) in [7, 11) is 3.35. The molecular formula is C24H25N5O2. The van der Waals surface area contributed by atoms with Crippen LogP contribution in [0.1, 0.15) is 12.0 Å². The summed E-state index contributed by atoms with van der Waals surface area (Å²) < 4.78 is 6.82. The van der Waals surface area contributed by atoms with Crippen molar-refractivity contribution in [2.45, 2.75) is 6.42 Å². The predicted molar refractivity (Wildman–Crippen MR) is 121 cm³/mol. The SMILES string of the molecule is COc1ccc(-c2c(-c3ccc(C#N)cc3)nc(NCC3CCNC3)n(C)c2=O)cc1. The van der Waals surface area contributed by atoms with Gasteiger partial charge in [0.15, 0.2) is 0 Å². The summed E-state index contributed by atoms with van der Waals surface area (Å²) in [5.74, 6) is 1.77. The summed E-state index contributed by atoms with van der Waals surface area (Å²) in [5.41, 5.74) is 3.08. The first-order valence-corrected chi connectivity index (χ1v) is 10.3. The van der Waals surface area contributed by atoms with Crippen LogP contribution in [0.5, 0.6) is 5.75 Å². The first-order chi connectivity index (χ1) is 15.1. The first kappa shape index (κ1) is 20.6. The minimum Gasteiger partial charge on any atom is -0.497 e. The van der Waals surface area contributed by atoms with Gasteiger partial charge in [0.1, 0.15) is 5.75 Å². The molecule has 1 fully saturated rings. The van der Waals surface area contributed by atoms with E-state index >= 15 is 0 Å². The smallest absolute Gasteiger partial charge is 0.263 e. The van der Waals surface area contributed by atoms with E-state index < -0.39 is 0 Å². The predicted octanol–water partition coefficient (Wildman–Crippen LogP) is 3.02. The molecule has 0 amide bonds. The summed E-state index contributed by atoms with van der Waals surface area (Å²) in [6, 6.07) is 16.7. The molecule has 1 aromatic heterocycles. The number of nitrogens with one attached hydrogen (secondary N) is 2. The summed E-state index contributed by atoms with van der Waals surface area (Å²) in [6.45, 7) is 2.74.